The number of benzene rings is 1. The molecule has 1 rings (SSSR count). The normalized spacial score (nSPS) is 10.6. The van der Waals surface area contributed by atoms with Gasteiger partial charge in [0.2, 0.25) is 0 Å². The smallest absolute Gasteiger partial charge is 0.426 e. The van der Waals surface area contributed by atoms with Crippen LogP contribution in [0.3, 0.4) is 0 Å². The van der Waals surface area contributed by atoms with Crippen molar-refractivity contribution in [1.82, 2.24) is 10.9 Å². The maximum Gasteiger partial charge on any atom is 0.426 e. The van der Waals surface area contributed by atoms with Gasteiger partial charge in [0.15, 0.2) is 5.88 Å². The molecule has 0 heterocycles. The standard InChI is InChI=1S/C15H23N3O3/c1-11(21-15(2,3)4)17-18-14(19)20-10-9-12-5-7-13(16)8-6-12/h5-8,17H,1,9-10,16H2,2-4H3,(H,18,19). The molecule has 0 saturated carbocycles. The fourth-order valence-electron chi connectivity index (χ4n) is 1.50. The summed E-state index contributed by atoms with van der Waals surface area (Å²) in [6.45, 7) is 9.54. The summed E-state index contributed by atoms with van der Waals surface area (Å²) in [6.07, 6.45) is 0.0248. The predicted molar refractivity (Wildman–Crippen MR) is 82.2 cm³/mol. The van der Waals surface area contributed by atoms with Gasteiger partial charge in [-0.1, -0.05) is 12.1 Å². The van der Waals surface area contributed by atoms with E-state index in [9.17, 15) is 4.79 Å². The Morgan fingerprint density at radius 1 is 1.24 bits per heavy atom. The van der Waals surface area contributed by atoms with Gasteiger partial charge in [-0.3, -0.25) is 5.43 Å². The molecule has 4 N–H and O–H groups in total. The van der Waals surface area contributed by atoms with Gasteiger partial charge in [0, 0.05) is 12.1 Å². The molecule has 0 fully saturated rings. The van der Waals surface area contributed by atoms with Gasteiger partial charge in [0.05, 0.1) is 6.61 Å². The van der Waals surface area contributed by atoms with Gasteiger partial charge in [0.1, 0.15) is 5.60 Å². The van der Waals surface area contributed by atoms with Gasteiger partial charge < -0.3 is 15.2 Å². The van der Waals surface area contributed by atoms with E-state index in [1.807, 2.05) is 45.0 Å². The molecule has 0 atom stereocenters. The molecule has 0 aliphatic heterocycles. The number of anilines is 1. The zero-order valence-corrected chi connectivity index (χ0v) is 12.7. The van der Waals surface area contributed by atoms with Crippen LogP contribution in [0.25, 0.3) is 0 Å². The summed E-state index contributed by atoms with van der Waals surface area (Å²) in [5.41, 5.74) is 11.8. The van der Waals surface area contributed by atoms with E-state index in [4.69, 9.17) is 15.2 Å². The zero-order valence-electron chi connectivity index (χ0n) is 12.7. The van der Waals surface area contributed by atoms with Crippen LogP contribution in [-0.4, -0.2) is 18.3 Å². The first-order valence-corrected chi connectivity index (χ1v) is 6.67. The molecule has 0 bridgehead atoms. The first-order valence-electron chi connectivity index (χ1n) is 6.67. The second-order valence-electron chi connectivity index (χ2n) is 5.52. The molecule has 0 unspecified atom stereocenters. The van der Waals surface area contributed by atoms with E-state index < -0.39 is 6.09 Å². The van der Waals surface area contributed by atoms with Gasteiger partial charge in [-0.25, -0.2) is 10.2 Å². The van der Waals surface area contributed by atoms with Crippen LogP contribution < -0.4 is 16.6 Å². The van der Waals surface area contributed by atoms with Crippen molar-refractivity contribution in [3.63, 3.8) is 0 Å². The Kier molecular flexibility index (Phi) is 5.90. The van der Waals surface area contributed by atoms with E-state index >= 15 is 0 Å². The Hall–Kier alpha value is -2.37. The summed E-state index contributed by atoms with van der Waals surface area (Å²) in [6, 6.07) is 7.41. The second kappa shape index (κ2) is 7.42. The van der Waals surface area contributed by atoms with Crippen LogP contribution in [0.2, 0.25) is 0 Å². The number of rotatable bonds is 6. The number of nitrogens with two attached hydrogens (primary N) is 1. The number of ether oxygens (including phenoxy) is 2. The van der Waals surface area contributed by atoms with Crippen molar-refractivity contribution < 1.29 is 14.3 Å². The van der Waals surface area contributed by atoms with Crippen LogP contribution in [-0.2, 0) is 15.9 Å². The maximum absolute atomic E-state index is 11.4. The number of hydrogen-bond donors (Lipinski definition) is 3. The third kappa shape index (κ3) is 7.71. The molecule has 0 aliphatic carbocycles. The summed E-state index contributed by atoms with van der Waals surface area (Å²) in [5.74, 6) is 0.248. The van der Waals surface area contributed by atoms with Gasteiger partial charge in [0.25, 0.3) is 0 Å². The molecule has 6 nitrogen and oxygen atoms in total. The predicted octanol–water partition coefficient (Wildman–Crippen LogP) is 2.33. The molecule has 1 aromatic carbocycles. The van der Waals surface area contributed by atoms with Crippen molar-refractivity contribution in [3.8, 4) is 0 Å². The molecule has 0 radical (unpaired) electrons. The number of hydrogen-bond acceptors (Lipinski definition) is 5. The highest BCUT2D eigenvalue weighted by atomic mass is 16.6. The third-order valence-corrected chi connectivity index (χ3v) is 2.34. The van der Waals surface area contributed by atoms with E-state index in [0.29, 0.717) is 12.1 Å². The molecule has 1 aromatic rings. The quantitative estimate of drug-likeness (QED) is 0.426. The number of carbonyl (C=O) groups excluding carboxylic acids is 1. The number of hydrazine groups is 1. The van der Waals surface area contributed by atoms with Crippen LogP contribution in [0.5, 0.6) is 0 Å². The lowest BCUT2D eigenvalue weighted by Gasteiger charge is -2.23. The van der Waals surface area contributed by atoms with Crippen LogP contribution >= 0.6 is 0 Å². The SMILES string of the molecule is C=C(NNC(=O)OCCc1ccc(N)cc1)OC(C)(C)C. The Balaban J connectivity index is 2.19. The van der Waals surface area contributed by atoms with E-state index in [0.717, 1.165) is 5.56 Å². The summed E-state index contributed by atoms with van der Waals surface area (Å²) in [5, 5.41) is 0. The lowest BCUT2D eigenvalue weighted by atomic mass is 10.1. The van der Waals surface area contributed by atoms with Crippen LogP contribution in [0.15, 0.2) is 36.7 Å². The summed E-state index contributed by atoms with van der Waals surface area (Å²) in [7, 11) is 0. The minimum absolute atomic E-state index is 0.248. The molecule has 0 aliphatic rings. The van der Waals surface area contributed by atoms with Crippen molar-refractivity contribution >= 4 is 11.8 Å². The molecule has 0 aromatic heterocycles. The molecule has 0 spiro atoms. The fourth-order valence-corrected chi connectivity index (χ4v) is 1.50. The summed E-state index contributed by atoms with van der Waals surface area (Å²) < 4.78 is 10.4. The van der Waals surface area contributed by atoms with Crippen molar-refractivity contribution in [2.24, 2.45) is 0 Å². The van der Waals surface area contributed by atoms with Gasteiger partial charge in [-0.05, 0) is 45.0 Å². The minimum Gasteiger partial charge on any atom is -0.473 e. The molecule has 6 heteroatoms. The van der Waals surface area contributed by atoms with Gasteiger partial charge in [-0.2, -0.15) is 0 Å². The lowest BCUT2D eigenvalue weighted by Crippen LogP contribution is -2.39. The van der Waals surface area contributed by atoms with E-state index in [-0.39, 0.29) is 18.1 Å². The number of amides is 1. The third-order valence-electron chi connectivity index (χ3n) is 2.34. The van der Waals surface area contributed by atoms with Gasteiger partial charge >= 0.3 is 6.09 Å². The lowest BCUT2D eigenvalue weighted by molar-refractivity contribution is 0.0365. The average Bonchev–Trinajstić information content (AvgIpc) is 2.37. The Morgan fingerprint density at radius 2 is 1.86 bits per heavy atom. The van der Waals surface area contributed by atoms with Crippen LogP contribution in [0.1, 0.15) is 26.3 Å². The molecule has 1 amide bonds. The zero-order chi connectivity index (χ0) is 15.9. The number of nitrogens with one attached hydrogen (secondary N) is 2. The number of carbonyl (C=O) groups is 1. The molecular weight excluding hydrogens is 270 g/mol. The fraction of sp³-hybridized carbons (Fsp3) is 0.400. The van der Waals surface area contributed by atoms with E-state index in [2.05, 4.69) is 17.4 Å². The highest BCUT2D eigenvalue weighted by molar-refractivity contribution is 5.66. The maximum atomic E-state index is 11.4. The first kappa shape index (κ1) is 16.7. The Bertz CT molecular complexity index is 478. The van der Waals surface area contributed by atoms with E-state index in [1.165, 1.54) is 0 Å². The molecule has 116 valence electrons. The first-order chi connectivity index (χ1) is 9.76. The van der Waals surface area contributed by atoms with Crippen molar-refractivity contribution in [3.05, 3.63) is 42.3 Å². The topological polar surface area (TPSA) is 85.6 Å². The summed E-state index contributed by atoms with van der Waals surface area (Å²) in [4.78, 5) is 11.4. The minimum atomic E-state index is -0.593. The summed E-state index contributed by atoms with van der Waals surface area (Å²) >= 11 is 0. The van der Waals surface area contributed by atoms with Crippen LogP contribution in [0.4, 0.5) is 10.5 Å². The molecule has 0 saturated heterocycles. The molecular formula is C15H23N3O3. The van der Waals surface area contributed by atoms with E-state index in [1.54, 1.807) is 0 Å². The highest BCUT2D eigenvalue weighted by Gasteiger charge is 2.12. The van der Waals surface area contributed by atoms with Crippen molar-refractivity contribution in [2.75, 3.05) is 12.3 Å². The van der Waals surface area contributed by atoms with Crippen molar-refractivity contribution in [2.45, 2.75) is 32.8 Å². The second-order valence-corrected chi connectivity index (χ2v) is 5.52. The largest absolute Gasteiger partial charge is 0.473 e. The Morgan fingerprint density at radius 3 is 2.43 bits per heavy atom. The van der Waals surface area contributed by atoms with Crippen molar-refractivity contribution in [1.29, 1.82) is 0 Å². The Labute approximate surface area is 125 Å². The highest BCUT2D eigenvalue weighted by Crippen LogP contribution is 2.09. The van der Waals surface area contributed by atoms with Crippen LogP contribution in [0, 0.1) is 0 Å². The average molecular weight is 293 g/mol. The molecule has 21 heavy (non-hydrogen) atoms. The number of nitrogen functional groups attached to an aromatic ring is 1. The van der Waals surface area contributed by atoms with Gasteiger partial charge in [-0.15, -0.1) is 0 Å². The monoisotopic (exact) mass is 293 g/mol.